The van der Waals surface area contributed by atoms with Crippen LogP contribution in [0.25, 0.3) is 0 Å². The lowest BCUT2D eigenvalue weighted by Crippen LogP contribution is -2.43. The zero-order valence-corrected chi connectivity index (χ0v) is 17.9. The van der Waals surface area contributed by atoms with Gasteiger partial charge in [-0.2, -0.15) is 0 Å². The van der Waals surface area contributed by atoms with Gasteiger partial charge in [0.2, 0.25) is 0 Å². The maximum Gasteiger partial charge on any atom is 0.331 e. The monoisotopic (exact) mass is 432 g/mol. The molecular formula is C22H29ClN4O3. The number of aryl methyl sites for hydroxylation is 1. The number of carboxylic acid groups (broad SMARTS) is 1. The summed E-state index contributed by atoms with van der Waals surface area (Å²) in [5.41, 5.74) is 7.74. The van der Waals surface area contributed by atoms with E-state index in [9.17, 15) is 9.90 Å². The van der Waals surface area contributed by atoms with Gasteiger partial charge in [-0.3, -0.25) is 15.2 Å². The Morgan fingerprint density at radius 2 is 1.90 bits per heavy atom. The summed E-state index contributed by atoms with van der Waals surface area (Å²) in [6.07, 6.45) is 2.46. The summed E-state index contributed by atoms with van der Waals surface area (Å²) in [7, 11) is 0. The number of halogens is 1. The number of carbonyl (C=O) groups is 1. The number of para-hydroxylation sites is 1. The predicted molar refractivity (Wildman–Crippen MR) is 121 cm³/mol. The molecule has 30 heavy (non-hydrogen) atoms. The second-order valence-electron chi connectivity index (χ2n) is 7.31. The van der Waals surface area contributed by atoms with E-state index in [0.717, 1.165) is 25.2 Å². The third-order valence-corrected chi connectivity index (χ3v) is 5.05. The highest BCUT2D eigenvalue weighted by molar-refractivity contribution is 5.99. The number of nitrogens with one attached hydrogen (secondary N) is 1. The molecular weight excluding hydrogens is 404 g/mol. The van der Waals surface area contributed by atoms with Crippen LogP contribution in [0.1, 0.15) is 30.0 Å². The minimum Gasteiger partial charge on any atom is -0.492 e. The van der Waals surface area contributed by atoms with Gasteiger partial charge >= 0.3 is 5.97 Å². The number of aliphatic carboxylic acids is 1. The van der Waals surface area contributed by atoms with Crippen LogP contribution in [0.3, 0.4) is 0 Å². The van der Waals surface area contributed by atoms with E-state index in [-0.39, 0.29) is 18.4 Å². The van der Waals surface area contributed by atoms with Gasteiger partial charge in [-0.05, 0) is 68.2 Å². The predicted octanol–water partition coefficient (Wildman–Crippen LogP) is 3.42. The van der Waals surface area contributed by atoms with Crippen LogP contribution >= 0.6 is 12.4 Å². The summed E-state index contributed by atoms with van der Waals surface area (Å²) in [6.45, 7) is 5.52. The van der Waals surface area contributed by atoms with E-state index >= 15 is 0 Å². The third-order valence-electron chi connectivity index (χ3n) is 5.05. The van der Waals surface area contributed by atoms with E-state index in [4.69, 9.17) is 15.9 Å². The number of hydrogen-bond donors (Lipinski definition) is 3. The molecule has 0 saturated carbocycles. The highest BCUT2D eigenvalue weighted by Crippen LogP contribution is 2.30. The van der Waals surface area contributed by atoms with Crippen LogP contribution in [0.4, 0.5) is 5.69 Å². The number of carboxylic acids is 1. The molecule has 0 aromatic heterocycles. The fourth-order valence-corrected chi connectivity index (χ4v) is 3.73. The van der Waals surface area contributed by atoms with Crippen molar-refractivity contribution >= 4 is 30.0 Å². The fourth-order valence-electron chi connectivity index (χ4n) is 3.73. The lowest BCUT2D eigenvalue weighted by Gasteiger charge is -2.30. The lowest BCUT2D eigenvalue weighted by molar-refractivity contribution is -0.138. The van der Waals surface area contributed by atoms with Gasteiger partial charge in [-0.1, -0.05) is 24.3 Å². The molecule has 1 atom stereocenters. The molecule has 1 fully saturated rings. The Balaban J connectivity index is 0.00000320. The summed E-state index contributed by atoms with van der Waals surface area (Å²) in [4.78, 5) is 15.9. The van der Waals surface area contributed by atoms with Crippen molar-refractivity contribution in [2.45, 2.75) is 25.8 Å². The van der Waals surface area contributed by atoms with Crippen molar-refractivity contribution in [3.05, 3.63) is 59.7 Å². The summed E-state index contributed by atoms with van der Waals surface area (Å²) < 4.78 is 5.93. The van der Waals surface area contributed by atoms with Crippen molar-refractivity contribution in [3.63, 3.8) is 0 Å². The molecule has 8 heteroatoms. The number of rotatable bonds is 8. The molecule has 0 bridgehead atoms. The first kappa shape index (κ1) is 23.5. The molecule has 0 radical (unpaired) electrons. The molecule has 3 rings (SSSR count). The quantitative estimate of drug-likeness (QED) is 0.436. The fraction of sp³-hybridized carbons (Fsp3) is 0.364. The molecule has 1 heterocycles. The minimum absolute atomic E-state index is 0. The average molecular weight is 433 g/mol. The average Bonchev–Trinajstić information content (AvgIpc) is 3.19. The number of guanidine groups is 1. The van der Waals surface area contributed by atoms with Gasteiger partial charge in [-0.15, -0.1) is 12.4 Å². The molecule has 1 saturated heterocycles. The first-order valence-corrected chi connectivity index (χ1v) is 9.83. The van der Waals surface area contributed by atoms with Crippen LogP contribution < -0.4 is 15.4 Å². The molecule has 1 aliphatic heterocycles. The molecule has 2 aromatic rings. The van der Waals surface area contributed by atoms with E-state index in [2.05, 4.69) is 4.90 Å². The summed E-state index contributed by atoms with van der Waals surface area (Å²) in [6, 6.07) is 13.2. The number of likely N-dealkylation sites (tertiary alicyclic amines) is 1. The molecule has 162 valence electrons. The number of anilines is 1. The Labute approximate surface area is 183 Å². The number of nitrogens with two attached hydrogens (primary N) is 1. The molecule has 2 aromatic carbocycles. The van der Waals surface area contributed by atoms with Gasteiger partial charge in [0, 0.05) is 12.2 Å². The number of ether oxygens (including phenoxy) is 1. The zero-order chi connectivity index (χ0) is 20.8. The zero-order valence-electron chi connectivity index (χ0n) is 17.1. The van der Waals surface area contributed by atoms with Crippen molar-refractivity contribution in [1.29, 1.82) is 5.41 Å². The van der Waals surface area contributed by atoms with Gasteiger partial charge in [0.15, 0.2) is 12.0 Å². The van der Waals surface area contributed by atoms with E-state index in [1.54, 1.807) is 36.4 Å². The van der Waals surface area contributed by atoms with E-state index < -0.39 is 12.0 Å². The third kappa shape index (κ3) is 5.87. The Hall–Kier alpha value is -2.77. The van der Waals surface area contributed by atoms with Gasteiger partial charge < -0.3 is 15.6 Å². The largest absolute Gasteiger partial charge is 0.492 e. The van der Waals surface area contributed by atoms with E-state index in [0.29, 0.717) is 23.6 Å². The maximum absolute atomic E-state index is 12.2. The van der Waals surface area contributed by atoms with Crippen LogP contribution in [0.5, 0.6) is 5.75 Å². The lowest BCUT2D eigenvalue weighted by atomic mass is 10.0. The van der Waals surface area contributed by atoms with Gasteiger partial charge in [-0.25, -0.2) is 4.79 Å². The number of benzene rings is 2. The van der Waals surface area contributed by atoms with Crippen LogP contribution in [0, 0.1) is 12.3 Å². The molecule has 0 amide bonds. The number of hydrogen-bond acceptors (Lipinski definition) is 4. The topological polar surface area (TPSA) is 103 Å². The summed E-state index contributed by atoms with van der Waals surface area (Å²) >= 11 is 0. The molecule has 1 unspecified atom stereocenters. The molecule has 7 nitrogen and oxygen atoms in total. The second-order valence-corrected chi connectivity index (χ2v) is 7.31. The van der Waals surface area contributed by atoms with Crippen LogP contribution in [0.15, 0.2) is 48.5 Å². The summed E-state index contributed by atoms with van der Waals surface area (Å²) in [5, 5.41) is 17.9. The van der Waals surface area contributed by atoms with Gasteiger partial charge in [0.25, 0.3) is 0 Å². The SMILES string of the molecule is Cc1cc(OCCN2CCCC2)cc(C(C(=O)O)N(C(=N)N)c2ccccc2)c1.Cl. The summed E-state index contributed by atoms with van der Waals surface area (Å²) in [5.74, 6) is -0.790. The van der Waals surface area contributed by atoms with Crippen LogP contribution in [-0.2, 0) is 4.79 Å². The van der Waals surface area contributed by atoms with Crippen LogP contribution in [0.2, 0.25) is 0 Å². The van der Waals surface area contributed by atoms with Crippen molar-refractivity contribution in [2.75, 3.05) is 31.1 Å². The number of nitrogens with zero attached hydrogens (tertiary/aromatic N) is 2. The normalized spacial score (nSPS) is 14.6. The van der Waals surface area contributed by atoms with Crippen molar-refractivity contribution in [2.24, 2.45) is 5.73 Å². The Kier molecular flexibility index (Phi) is 8.50. The highest BCUT2D eigenvalue weighted by atomic mass is 35.5. The molecule has 4 N–H and O–H groups in total. The maximum atomic E-state index is 12.2. The van der Waals surface area contributed by atoms with Crippen molar-refractivity contribution in [1.82, 2.24) is 4.90 Å². The minimum atomic E-state index is -1.13. The molecule has 0 aliphatic carbocycles. The van der Waals surface area contributed by atoms with Crippen molar-refractivity contribution in [3.8, 4) is 5.75 Å². The van der Waals surface area contributed by atoms with Crippen molar-refractivity contribution < 1.29 is 14.6 Å². The second kappa shape index (κ2) is 10.8. The Bertz CT molecular complexity index is 857. The van der Waals surface area contributed by atoms with Crippen LogP contribution in [-0.4, -0.2) is 48.2 Å². The van der Waals surface area contributed by atoms with E-state index in [1.807, 2.05) is 19.1 Å². The smallest absolute Gasteiger partial charge is 0.331 e. The molecule has 0 spiro atoms. The first-order valence-electron chi connectivity index (χ1n) is 9.83. The van der Waals surface area contributed by atoms with Gasteiger partial charge in [0.1, 0.15) is 12.4 Å². The van der Waals surface area contributed by atoms with E-state index in [1.165, 1.54) is 17.7 Å². The highest BCUT2D eigenvalue weighted by Gasteiger charge is 2.30. The molecule has 1 aliphatic rings. The van der Waals surface area contributed by atoms with Gasteiger partial charge in [0.05, 0.1) is 0 Å². The Morgan fingerprint density at radius 3 is 2.50 bits per heavy atom. The first-order chi connectivity index (χ1) is 14.0. The standard InChI is InChI=1S/C22H28N4O3.ClH/c1-16-13-17(15-19(14-16)29-12-11-25-9-5-6-10-25)20(21(27)28)26(22(23)24)18-7-3-2-4-8-18;/h2-4,7-8,13-15,20H,5-6,9-12H2,1H3,(H3,23,24)(H,27,28);1H. The Morgan fingerprint density at radius 1 is 1.23 bits per heavy atom.